The minimum Gasteiger partial charge on any atom is -0.366 e. The molecule has 0 bridgehead atoms. The molecule has 5 heteroatoms. The number of fused-ring (bicyclic) bond motifs is 1. The molecule has 1 fully saturated rings. The Kier molecular flexibility index (Phi) is 3.51. The van der Waals surface area contributed by atoms with Crippen LogP contribution in [-0.4, -0.2) is 35.5 Å². The zero-order valence-electron chi connectivity index (χ0n) is 12.1. The van der Waals surface area contributed by atoms with Gasteiger partial charge in [0.25, 0.3) is 5.56 Å². The van der Waals surface area contributed by atoms with Crippen molar-refractivity contribution in [3.05, 3.63) is 46.2 Å². The lowest BCUT2D eigenvalue weighted by atomic mass is 10.0. The van der Waals surface area contributed by atoms with E-state index in [0.29, 0.717) is 5.56 Å². The van der Waals surface area contributed by atoms with Crippen molar-refractivity contribution in [2.24, 2.45) is 5.73 Å². The molecule has 0 aliphatic carbocycles. The Hall–Kier alpha value is -2.14. The monoisotopic (exact) mass is 285 g/mol. The summed E-state index contributed by atoms with van der Waals surface area (Å²) in [6.45, 7) is 1.99. The van der Waals surface area contributed by atoms with Crippen LogP contribution < -0.4 is 11.3 Å². The molecule has 3 rings (SSSR count). The van der Waals surface area contributed by atoms with Crippen LogP contribution in [0.3, 0.4) is 0 Å². The number of amides is 1. The van der Waals surface area contributed by atoms with Crippen molar-refractivity contribution in [2.75, 3.05) is 20.1 Å². The van der Waals surface area contributed by atoms with Crippen LogP contribution >= 0.6 is 0 Å². The molecule has 1 aliphatic heterocycles. The van der Waals surface area contributed by atoms with Gasteiger partial charge in [0.2, 0.25) is 5.91 Å². The fourth-order valence-electron chi connectivity index (χ4n) is 3.05. The highest BCUT2D eigenvalue weighted by molar-refractivity contribution is 5.96. The van der Waals surface area contributed by atoms with Gasteiger partial charge in [-0.2, -0.15) is 0 Å². The molecule has 0 saturated carbocycles. The Bertz CT molecular complexity index is 743. The molecular formula is C16H19N3O2. The fourth-order valence-corrected chi connectivity index (χ4v) is 3.05. The largest absolute Gasteiger partial charge is 0.366 e. The first-order chi connectivity index (χ1) is 10.1. The third kappa shape index (κ3) is 2.56. The minimum atomic E-state index is -0.450. The molecule has 1 aliphatic rings. The number of nitrogens with zero attached hydrogens (tertiary/aromatic N) is 2. The van der Waals surface area contributed by atoms with Crippen LogP contribution in [0.4, 0.5) is 0 Å². The molecule has 21 heavy (non-hydrogen) atoms. The molecule has 0 unspecified atom stereocenters. The zero-order valence-corrected chi connectivity index (χ0v) is 12.1. The summed E-state index contributed by atoms with van der Waals surface area (Å²) in [6.07, 6.45) is 1.93. The highest BCUT2D eigenvalue weighted by Gasteiger charge is 2.20. The lowest BCUT2D eigenvalue weighted by molar-refractivity contribution is 0.100. The Labute approximate surface area is 123 Å². The summed E-state index contributed by atoms with van der Waals surface area (Å²) < 4.78 is 1.87. The number of hydrogen-bond donors (Lipinski definition) is 1. The summed E-state index contributed by atoms with van der Waals surface area (Å²) in [6, 6.07) is 8.82. The number of primary amides is 1. The summed E-state index contributed by atoms with van der Waals surface area (Å²) in [5, 5.41) is 0.879. The third-order valence-electron chi connectivity index (χ3n) is 4.27. The normalized spacial score (nSPS) is 17.2. The molecule has 1 amide bonds. The Morgan fingerprint density at radius 3 is 2.57 bits per heavy atom. The van der Waals surface area contributed by atoms with E-state index in [4.69, 9.17) is 5.73 Å². The third-order valence-corrected chi connectivity index (χ3v) is 4.27. The van der Waals surface area contributed by atoms with E-state index in [9.17, 15) is 9.59 Å². The van der Waals surface area contributed by atoms with Gasteiger partial charge in [-0.25, -0.2) is 0 Å². The minimum absolute atomic E-state index is 0.0175. The van der Waals surface area contributed by atoms with E-state index < -0.39 is 5.91 Å². The maximum Gasteiger partial charge on any atom is 0.251 e. The van der Waals surface area contributed by atoms with Crippen molar-refractivity contribution >= 4 is 16.8 Å². The van der Waals surface area contributed by atoms with Crippen LogP contribution in [0.25, 0.3) is 10.9 Å². The van der Waals surface area contributed by atoms with Crippen molar-refractivity contribution in [2.45, 2.75) is 18.9 Å². The topological polar surface area (TPSA) is 68.3 Å². The number of aromatic nitrogens is 1. The number of hydrogen-bond acceptors (Lipinski definition) is 3. The summed E-state index contributed by atoms with van der Waals surface area (Å²) >= 11 is 0. The summed E-state index contributed by atoms with van der Waals surface area (Å²) in [7, 11) is 2.10. The molecule has 2 heterocycles. The number of pyridine rings is 1. The number of likely N-dealkylation sites (tertiary alicyclic amines) is 1. The Balaban J connectivity index is 2.11. The van der Waals surface area contributed by atoms with Gasteiger partial charge in [0.05, 0.1) is 5.52 Å². The fraction of sp³-hybridized carbons (Fsp3) is 0.375. The molecule has 110 valence electrons. The average molecular weight is 285 g/mol. The number of rotatable bonds is 2. The SMILES string of the molecule is CN1CCC(n2c(=O)ccc3cc(C(N)=O)ccc32)CC1. The first-order valence-electron chi connectivity index (χ1n) is 7.20. The van der Waals surface area contributed by atoms with Gasteiger partial charge < -0.3 is 15.2 Å². The van der Waals surface area contributed by atoms with E-state index in [-0.39, 0.29) is 11.6 Å². The standard InChI is InChI=1S/C16H19N3O2/c1-18-8-6-13(7-9-18)19-14-4-2-12(16(17)21)10-11(14)3-5-15(19)20/h2-5,10,13H,6-9H2,1H3,(H2,17,21). The van der Waals surface area contributed by atoms with Gasteiger partial charge in [0.1, 0.15) is 0 Å². The van der Waals surface area contributed by atoms with Gasteiger partial charge in [-0.15, -0.1) is 0 Å². The quantitative estimate of drug-likeness (QED) is 0.906. The van der Waals surface area contributed by atoms with Crippen LogP contribution in [0.15, 0.2) is 35.1 Å². The van der Waals surface area contributed by atoms with Crippen molar-refractivity contribution in [1.82, 2.24) is 9.47 Å². The van der Waals surface area contributed by atoms with Gasteiger partial charge in [0.15, 0.2) is 0 Å². The second-order valence-electron chi connectivity index (χ2n) is 5.71. The summed E-state index contributed by atoms with van der Waals surface area (Å²) in [4.78, 5) is 25.8. The molecule has 0 spiro atoms. The average Bonchev–Trinajstić information content (AvgIpc) is 2.48. The second-order valence-corrected chi connectivity index (χ2v) is 5.71. The Morgan fingerprint density at radius 2 is 1.90 bits per heavy atom. The molecule has 5 nitrogen and oxygen atoms in total. The van der Waals surface area contributed by atoms with Gasteiger partial charge in [-0.3, -0.25) is 9.59 Å². The summed E-state index contributed by atoms with van der Waals surface area (Å²) in [5.41, 5.74) is 6.68. The number of carbonyl (C=O) groups is 1. The van der Waals surface area contributed by atoms with E-state index in [1.807, 2.05) is 10.6 Å². The van der Waals surface area contributed by atoms with Gasteiger partial charge in [-0.1, -0.05) is 0 Å². The van der Waals surface area contributed by atoms with E-state index >= 15 is 0 Å². The maximum atomic E-state index is 12.3. The highest BCUT2D eigenvalue weighted by Crippen LogP contribution is 2.24. The first-order valence-corrected chi connectivity index (χ1v) is 7.20. The number of benzene rings is 1. The predicted octanol–water partition coefficient (Wildman–Crippen LogP) is 1.37. The smallest absolute Gasteiger partial charge is 0.251 e. The molecular weight excluding hydrogens is 266 g/mol. The van der Waals surface area contributed by atoms with Crippen molar-refractivity contribution in [1.29, 1.82) is 0 Å². The lowest BCUT2D eigenvalue weighted by Crippen LogP contribution is -2.35. The van der Waals surface area contributed by atoms with Crippen molar-refractivity contribution in [3.63, 3.8) is 0 Å². The van der Waals surface area contributed by atoms with Gasteiger partial charge in [0, 0.05) is 17.7 Å². The Morgan fingerprint density at radius 1 is 1.19 bits per heavy atom. The van der Waals surface area contributed by atoms with Crippen molar-refractivity contribution < 1.29 is 4.79 Å². The van der Waals surface area contributed by atoms with E-state index in [0.717, 1.165) is 36.8 Å². The van der Waals surface area contributed by atoms with Gasteiger partial charge >= 0.3 is 0 Å². The molecule has 1 aromatic heterocycles. The summed E-state index contributed by atoms with van der Waals surface area (Å²) in [5.74, 6) is -0.450. The van der Waals surface area contributed by atoms with Crippen LogP contribution in [0, 0.1) is 0 Å². The van der Waals surface area contributed by atoms with Crippen molar-refractivity contribution in [3.8, 4) is 0 Å². The van der Waals surface area contributed by atoms with E-state index in [1.165, 1.54) is 0 Å². The molecule has 2 N–H and O–H groups in total. The maximum absolute atomic E-state index is 12.3. The van der Waals surface area contributed by atoms with Crippen LogP contribution in [0.1, 0.15) is 29.2 Å². The number of carbonyl (C=O) groups excluding carboxylic acids is 1. The molecule has 1 aromatic carbocycles. The first kappa shape index (κ1) is 13.8. The van der Waals surface area contributed by atoms with E-state index in [2.05, 4.69) is 11.9 Å². The van der Waals surface area contributed by atoms with Crippen LogP contribution in [0.2, 0.25) is 0 Å². The van der Waals surface area contributed by atoms with Crippen LogP contribution in [-0.2, 0) is 0 Å². The molecule has 0 radical (unpaired) electrons. The zero-order chi connectivity index (χ0) is 15.0. The lowest BCUT2D eigenvalue weighted by Gasteiger charge is -2.31. The van der Waals surface area contributed by atoms with E-state index in [1.54, 1.807) is 24.3 Å². The second kappa shape index (κ2) is 5.33. The molecule has 2 aromatic rings. The number of piperidine rings is 1. The molecule has 0 atom stereocenters. The van der Waals surface area contributed by atoms with Crippen LogP contribution in [0.5, 0.6) is 0 Å². The molecule has 1 saturated heterocycles. The van der Waals surface area contributed by atoms with Gasteiger partial charge in [-0.05, 0) is 62.6 Å². The predicted molar refractivity (Wildman–Crippen MR) is 82.5 cm³/mol. The number of nitrogens with two attached hydrogens (primary N) is 1. The highest BCUT2D eigenvalue weighted by atomic mass is 16.1.